The maximum absolute atomic E-state index is 13.8. The van der Waals surface area contributed by atoms with E-state index >= 15 is 0 Å². The highest BCUT2D eigenvalue weighted by atomic mass is 19.1. The van der Waals surface area contributed by atoms with Crippen molar-refractivity contribution in [2.75, 3.05) is 0 Å². The number of rotatable bonds is 3. The molecule has 0 amide bonds. The van der Waals surface area contributed by atoms with Crippen LogP contribution in [0.25, 0.3) is 16.9 Å². The smallest absolute Gasteiger partial charge is 0.309 e. The number of hydrogen-bond donors (Lipinski definition) is 1. The lowest BCUT2D eigenvalue weighted by molar-refractivity contribution is -0.136. The summed E-state index contributed by atoms with van der Waals surface area (Å²) in [5, 5.41) is 9.03. The lowest BCUT2D eigenvalue weighted by Crippen LogP contribution is -2.04. The van der Waals surface area contributed by atoms with Crippen molar-refractivity contribution in [3.05, 3.63) is 59.9 Å². The number of carbonyl (C=O) groups is 1. The van der Waals surface area contributed by atoms with E-state index in [0.29, 0.717) is 17.0 Å². The second kappa shape index (κ2) is 4.97. The summed E-state index contributed by atoms with van der Waals surface area (Å²) in [6.45, 7) is 0. The third kappa shape index (κ3) is 2.35. The van der Waals surface area contributed by atoms with E-state index in [2.05, 4.69) is 4.98 Å². The van der Waals surface area contributed by atoms with Crippen LogP contribution in [0.15, 0.2) is 42.6 Å². The molecule has 21 heavy (non-hydrogen) atoms. The van der Waals surface area contributed by atoms with Crippen molar-refractivity contribution >= 4 is 11.6 Å². The van der Waals surface area contributed by atoms with Crippen molar-refractivity contribution in [1.82, 2.24) is 9.38 Å². The van der Waals surface area contributed by atoms with Crippen LogP contribution < -0.4 is 0 Å². The number of nitrogens with zero attached hydrogens (tertiary/aromatic N) is 2. The summed E-state index contributed by atoms with van der Waals surface area (Å²) in [7, 11) is 0. The second-order valence-electron chi connectivity index (χ2n) is 4.53. The quantitative estimate of drug-likeness (QED) is 0.806. The van der Waals surface area contributed by atoms with Gasteiger partial charge >= 0.3 is 5.97 Å². The average molecular weight is 288 g/mol. The zero-order chi connectivity index (χ0) is 15.0. The first-order chi connectivity index (χ1) is 10.1. The Kier molecular flexibility index (Phi) is 3.13. The van der Waals surface area contributed by atoms with Crippen LogP contribution in [0, 0.1) is 11.6 Å². The van der Waals surface area contributed by atoms with Crippen molar-refractivity contribution in [3.63, 3.8) is 0 Å². The first kappa shape index (κ1) is 13.2. The molecule has 0 spiro atoms. The number of aliphatic carboxylic acids is 1. The number of pyridine rings is 1. The Balaban J connectivity index is 2.27. The molecular weight excluding hydrogens is 278 g/mol. The molecule has 3 rings (SSSR count). The molecular formula is C15H10F2N2O2. The van der Waals surface area contributed by atoms with Crippen molar-refractivity contribution in [2.45, 2.75) is 6.42 Å². The number of aromatic nitrogens is 2. The van der Waals surface area contributed by atoms with Crippen LogP contribution >= 0.6 is 0 Å². The van der Waals surface area contributed by atoms with Crippen LogP contribution in [0.2, 0.25) is 0 Å². The van der Waals surface area contributed by atoms with E-state index in [1.165, 1.54) is 40.8 Å². The summed E-state index contributed by atoms with van der Waals surface area (Å²) in [6.07, 6.45) is 1.24. The highest BCUT2D eigenvalue weighted by Crippen LogP contribution is 2.26. The predicted octanol–water partition coefficient (Wildman–Crippen LogP) is 2.91. The molecule has 2 heterocycles. The molecule has 6 heteroatoms. The highest BCUT2D eigenvalue weighted by Gasteiger charge is 2.18. The molecule has 0 aliphatic heterocycles. The maximum atomic E-state index is 13.8. The Morgan fingerprint density at radius 1 is 1.19 bits per heavy atom. The summed E-state index contributed by atoms with van der Waals surface area (Å²) in [4.78, 5) is 15.2. The van der Waals surface area contributed by atoms with Crippen LogP contribution in [-0.2, 0) is 11.2 Å². The molecule has 0 atom stereocenters. The van der Waals surface area contributed by atoms with Crippen molar-refractivity contribution < 1.29 is 18.7 Å². The largest absolute Gasteiger partial charge is 0.481 e. The van der Waals surface area contributed by atoms with Gasteiger partial charge in [0.2, 0.25) is 0 Å². The van der Waals surface area contributed by atoms with Gasteiger partial charge in [-0.1, -0.05) is 0 Å². The summed E-state index contributed by atoms with van der Waals surface area (Å²) < 4.78 is 28.2. The fraction of sp³-hybridized carbons (Fsp3) is 0.0667. The Hall–Kier alpha value is -2.76. The van der Waals surface area contributed by atoms with Gasteiger partial charge in [-0.25, -0.2) is 13.8 Å². The van der Waals surface area contributed by atoms with Crippen molar-refractivity contribution in [3.8, 4) is 11.3 Å². The van der Waals surface area contributed by atoms with Crippen molar-refractivity contribution in [1.29, 1.82) is 0 Å². The zero-order valence-corrected chi connectivity index (χ0v) is 10.8. The van der Waals surface area contributed by atoms with E-state index < -0.39 is 17.6 Å². The molecule has 0 aliphatic carbocycles. The summed E-state index contributed by atoms with van der Waals surface area (Å²) >= 11 is 0. The van der Waals surface area contributed by atoms with Gasteiger partial charge in [0.15, 0.2) is 11.5 Å². The van der Waals surface area contributed by atoms with Crippen LogP contribution in [0.5, 0.6) is 0 Å². The molecule has 0 fully saturated rings. The van der Waals surface area contributed by atoms with E-state index in [-0.39, 0.29) is 12.1 Å². The predicted molar refractivity (Wildman–Crippen MR) is 71.9 cm³/mol. The van der Waals surface area contributed by atoms with E-state index in [1.54, 1.807) is 6.20 Å². The minimum absolute atomic E-state index is 0.0491. The lowest BCUT2D eigenvalue weighted by atomic mass is 10.1. The Morgan fingerprint density at radius 2 is 1.90 bits per heavy atom. The number of carboxylic acid groups (broad SMARTS) is 1. The number of halogens is 2. The monoisotopic (exact) mass is 288 g/mol. The maximum Gasteiger partial charge on any atom is 0.309 e. The van der Waals surface area contributed by atoms with Gasteiger partial charge in [-0.3, -0.25) is 4.79 Å². The van der Waals surface area contributed by atoms with Gasteiger partial charge in [-0.05, 0) is 36.4 Å². The number of imidazole rings is 1. The number of fused-ring (bicyclic) bond motifs is 1. The van der Waals surface area contributed by atoms with E-state index in [0.717, 1.165) is 0 Å². The molecule has 0 unspecified atom stereocenters. The number of hydrogen-bond acceptors (Lipinski definition) is 2. The summed E-state index contributed by atoms with van der Waals surface area (Å²) in [5.41, 5.74) is 1.27. The van der Waals surface area contributed by atoms with Crippen LogP contribution in [0.4, 0.5) is 8.78 Å². The highest BCUT2D eigenvalue weighted by molar-refractivity contribution is 5.76. The SMILES string of the molecule is O=C(O)Cc1c(-c2ccc(F)cc2)nc2c(F)cccn12. The molecule has 2 aromatic heterocycles. The number of benzene rings is 1. The number of carboxylic acids is 1. The third-order valence-corrected chi connectivity index (χ3v) is 3.14. The van der Waals surface area contributed by atoms with Gasteiger partial charge in [0, 0.05) is 11.8 Å². The fourth-order valence-corrected chi connectivity index (χ4v) is 2.23. The molecule has 106 valence electrons. The van der Waals surface area contributed by atoms with Gasteiger partial charge in [0.1, 0.15) is 5.82 Å². The molecule has 4 nitrogen and oxygen atoms in total. The second-order valence-corrected chi connectivity index (χ2v) is 4.53. The summed E-state index contributed by atoms with van der Waals surface area (Å²) in [6, 6.07) is 8.20. The fourth-order valence-electron chi connectivity index (χ4n) is 2.23. The summed E-state index contributed by atoms with van der Waals surface area (Å²) in [5.74, 6) is -2.00. The zero-order valence-electron chi connectivity index (χ0n) is 10.8. The molecule has 0 bridgehead atoms. The Labute approximate surface area is 118 Å². The first-order valence-corrected chi connectivity index (χ1v) is 6.19. The third-order valence-electron chi connectivity index (χ3n) is 3.14. The Bertz CT molecular complexity index is 826. The standard InChI is InChI=1S/C15H10F2N2O2/c16-10-5-3-9(4-6-10)14-12(8-13(20)21)19-7-1-2-11(17)15(19)18-14/h1-7H,8H2,(H,20,21). The van der Waals surface area contributed by atoms with E-state index in [9.17, 15) is 13.6 Å². The topological polar surface area (TPSA) is 54.6 Å². The molecule has 0 saturated heterocycles. The normalized spacial score (nSPS) is 11.0. The van der Waals surface area contributed by atoms with E-state index in [4.69, 9.17) is 5.11 Å². The van der Waals surface area contributed by atoms with Crippen molar-refractivity contribution in [2.24, 2.45) is 0 Å². The van der Waals surface area contributed by atoms with E-state index in [1.807, 2.05) is 0 Å². The van der Waals surface area contributed by atoms with Gasteiger partial charge in [0.05, 0.1) is 17.8 Å². The molecule has 3 aromatic rings. The average Bonchev–Trinajstić information content (AvgIpc) is 2.80. The van der Waals surface area contributed by atoms with Gasteiger partial charge in [0.25, 0.3) is 0 Å². The molecule has 1 aromatic carbocycles. The van der Waals surface area contributed by atoms with Gasteiger partial charge < -0.3 is 9.51 Å². The molecule has 1 N–H and O–H groups in total. The minimum Gasteiger partial charge on any atom is -0.481 e. The van der Waals surface area contributed by atoms with Crippen LogP contribution in [0.1, 0.15) is 5.69 Å². The molecule has 0 saturated carbocycles. The van der Waals surface area contributed by atoms with Gasteiger partial charge in [-0.15, -0.1) is 0 Å². The van der Waals surface area contributed by atoms with Crippen LogP contribution in [0.3, 0.4) is 0 Å². The first-order valence-electron chi connectivity index (χ1n) is 6.19. The molecule has 0 aliphatic rings. The lowest BCUT2D eigenvalue weighted by Gasteiger charge is -2.02. The minimum atomic E-state index is -1.05. The van der Waals surface area contributed by atoms with Crippen LogP contribution in [-0.4, -0.2) is 20.5 Å². The molecule has 0 radical (unpaired) electrons. The van der Waals surface area contributed by atoms with Gasteiger partial charge in [-0.2, -0.15) is 0 Å². The Morgan fingerprint density at radius 3 is 2.57 bits per heavy atom.